The predicted molar refractivity (Wildman–Crippen MR) is 131 cm³/mol. The Labute approximate surface area is 214 Å². The minimum Gasteiger partial charge on any atom is -0.491 e. The summed E-state index contributed by atoms with van der Waals surface area (Å²) in [5.41, 5.74) is 0.214. The molecule has 0 fully saturated rings. The van der Waals surface area contributed by atoms with Gasteiger partial charge in [0.2, 0.25) is 0 Å². The maximum absolute atomic E-state index is 12.6. The lowest BCUT2D eigenvalue weighted by atomic mass is 10.1. The summed E-state index contributed by atoms with van der Waals surface area (Å²) in [5.74, 6) is -1.37. The summed E-state index contributed by atoms with van der Waals surface area (Å²) in [7, 11) is 0. The molecule has 3 amide bonds. The molecule has 2 aromatic rings. The largest absolute Gasteiger partial charge is 0.491 e. The first-order valence-corrected chi connectivity index (χ1v) is 11.5. The molecule has 0 aliphatic carbocycles. The van der Waals surface area contributed by atoms with Crippen molar-refractivity contribution >= 4 is 29.7 Å². The van der Waals surface area contributed by atoms with Crippen LogP contribution in [-0.2, 0) is 19.1 Å². The molecule has 11 heteroatoms. The van der Waals surface area contributed by atoms with Crippen LogP contribution in [-0.4, -0.2) is 59.7 Å². The number of hydrogen-bond acceptors (Lipinski definition) is 9. The van der Waals surface area contributed by atoms with Crippen molar-refractivity contribution in [2.75, 3.05) is 13.2 Å². The summed E-state index contributed by atoms with van der Waals surface area (Å²) in [6.07, 6.45) is -1.37. The van der Waals surface area contributed by atoms with E-state index in [1.807, 2.05) is 0 Å². The zero-order valence-corrected chi connectivity index (χ0v) is 21.0. The average molecular weight is 512 g/mol. The second kappa shape index (κ2) is 11.7. The van der Waals surface area contributed by atoms with Crippen molar-refractivity contribution in [3.05, 3.63) is 65.2 Å². The Kier molecular flexibility index (Phi) is 8.61. The molecule has 3 rings (SSSR count). The van der Waals surface area contributed by atoms with Crippen molar-refractivity contribution in [2.24, 2.45) is 0 Å². The zero-order valence-electron chi connectivity index (χ0n) is 21.0. The van der Waals surface area contributed by atoms with Gasteiger partial charge in [-0.15, -0.1) is 5.06 Å². The molecule has 2 aromatic carbocycles. The number of rotatable bonds is 9. The molecule has 2 N–H and O–H groups in total. The Morgan fingerprint density at radius 2 is 1.59 bits per heavy atom. The number of imide groups is 1. The molecule has 37 heavy (non-hydrogen) atoms. The van der Waals surface area contributed by atoms with Gasteiger partial charge in [0.25, 0.3) is 11.8 Å². The summed E-state index contributed by atoms with van der Waals surface area (Å²) in [5, 5.41) is 11.1. The normalized spacial score (nSPS) is 13.6. The number of carbonyl (C=O) groups is 4. The SMILES string of the molecule is CC(=O)OCCC(COc1ccc(C(=N)NC(=O)OC(C)(C)C)cc1)ON1C(=O)c2ccccc2C1=O. The molecule has 11 nitrogen and oxygen atoms in total. The molecule has 196 valence electrons. The van der Waals surface area contributed by atoms with Crippen LogP contribution < -0.4 is 10.1 Å². The Morgan fingerprint density at radius 3 is 2.14 bits per heavy atom. The lowest BCUT2D eigenvalue weighted by molar-refractivity contribution is -0.154. The van der Waals surface area contributed by atoms with Crippen LogP contribution in [0.5, 0.6) is 5.75 Å². The Balaban J connectivity index is 1.61. The number of hydrogen-bond donors (Lipinski definition) is 2. The van der Waals surface area contributed by atoms with Crippen molar-refractivity contribution < 1.29 is 38.2 Å². The van der Waals surface area contributed by atoms with Gasteiger partial charge < -0.3 is 14.2 Å². The fourth-order valence-corrected chi connectivity index (χ4v) is 3.30. The number of fused-ring (bicyclic) bond motifs is 1. The first-order valence-electron chi connectivity index (χ1n) is 11.5. The third-order valence-electron chi connectivity index (χ3n) is 4.96. The van der Waals surface area contributed by atoms with Crippen molar-refractivity contribution in [2.45, 2.75) is 45.8 Å². The van der Waals surface area contributed by atoms with Crippen LogP contribution in [0, 0.1) is 5.41 Å². The number of ether oxygens (including phenoxy) is 3. The molecule has 0 saturated carbocycles. The van der Waals surface area contributed by atoms with Crippen LogP contribution in [0.4, 0.5) is 4.79 Å². The molecule has 1 heterocycles. The van der Waals surface area contributed by atoms with E-state index in [9.17, 15) is 19.2 Å². The van der Waals surface area contributed by atoms with Gasteiger partial charge in [-0.05, 0) is 57.2 Å². The molecular weight excluding hydrogens is 482 g/mol. The molecule has 1 atom stereocenters. The van der Waals surface area contributed by atoms with Gasteiger partial charge in [-0.1, -0.05) is 12.1 Å². The van der Waals surface area contributed by atoms with E-state index in [0.717, 1.165) is 0 Å². The smallest absolute Gasteiger partial charge is 0.413 e. The van der Waals surface area contributed by atoms with Gasteiger partial charge >= 0.3 is 12.1 Å². The van der Waals surface area contributed by atoms with Crippen molar-refractivity contribution in [3.8, 4) is 5.75 Å². The molecule has 0 bridgehead atoms. The van der Waals surface area contributed by atoms with E-state index < -0.39 is 35.6 Å². The number of benzene rings is 2. The number of alkyl carbamates (subject to hydrolysis) is 1. The minimum absolute atomic E-state index is 0.00103. The fraction of sp³-hybridized carbons (Fsp3) is 0.346. The molecule has 0 radical (unpaired) electrons. The van der Waals surface area contributed by atoms with Crippen molar-refractivity contribution in [1.82, 2.24) is 10.4 Å². The quantitative estimate of drug-likeness (QED) is 0.225. The highest BCUT2D eigenvalue weighted by Crippen LogP contribution is 2.24. The third-order valence-corrected chi connectivity index (χ3v) is 4.96. The summed E-state index contributed by atoms with van der Waals surface area (Å²) < 4.78 is 15.9. The first-order chi connectivity index (χ1) is 17.4. The molecular formula is C26H29N3O8. The molecule has 0 spiro atoms. The van der Waals surface area contributed by atoms with Gasteiger partial charge in [-0.3, -0.25) is 29.9 Å². The lowest BCUT2D eigenvalue weighted by Crippen LogP contribution is -2.37. The zero-order chi connectivity index (χ0) is 27.2. The van der Waals surface area contributed by atoms with Crippen molar-refractivity contribution in [1.29, 1.82) is 5.41 Å². The molecule has 1 unspecified atom stereocenters. The van der Waals surface area contributed by atoms with Gasteiger partial charge in [0.15, 0.2) is 0 Å². The van der Waals surface area contributed by atoms with E-state index >= 15 is 0 Å². The first kappa shape index (κ1) is 27.3. The number of nitrogens with zero attached hydrogens (tertiary/aromatic N) is 1. The number of hydroxylamine groups is 2. The monoisotopic (exact) mass is 511 g/mol. The number of amidine groups is 1. The summed E-state index contributed by atoms with van der Waals surface area (Å²) >= 11 is 0. The molecule has 0 aromatic heterocycles. The van der Waals surface area contributed by atoms with Crippen LogP contribution in [0.2, 0.25) is 0 Å². The Hall–Kier alpha value is -4.25. The van der Waals surface area contributed by atoms with Crippen molar-refractivity contribution in [3.63, 3.8) is 0 Å². The number of carbonyl (C=O) groups excluding carboxylic acids is 4. The summed E-state index contributed by atoms with van der Waals surface area (Å²) in [6.45, 7) is 6.37. The molecule has 0 saturated heterocycles. The standard InChI is InChI=1S/C26H29N3O8/c1-16(30)34-14-13-19(37-29-23(31)20-7-5-6-8-21(20)24(29)32)15-35-18-11-9-17(10-12-18)22(27)28-25(33)36-26(2,3)4/h5-12,19H,13-15H2,1-4H3,(H2,27,28,33). The molecule has 1 aliphatic rings. The fourth-order valence-electron chi connectivity index (χ4n) is 3.30. The second-order valence-electron chi connectivity index (χ2n) is 9.14. The van der Waals surface area contributed by atoms with E-state index in [4.69, 9.17) is 24.5 Å². The number of esters is 1. The van der Waals surface area contributed by atoms with E-state index in [2.05, 4.69) is 5.32 Å². The van der Waals surface area contributed by atoms with Gasteiger partial charge in [0.05, 0.1) is 17.7 Å². The van der Waals surface area contributed by atoms with Crippen LogP contribution >= 0.6 is 0 Å². The van der Waals surface area contributed by atoms with Gasteiger partial charge in [-0.2, -0.15) is 0 Å². The number of nitrogens with one attached hydrogen (secondary N) is 2. The highest BCUT2D eigenvalue weighted by molar-refractivity contribution is 6.20. The van der Waals surface area contributed by atoms with E-state index in [0.29, 0.717) is 16.4 Å². The average Bonchev–Trinajstić information content (AvgIpc) is 3.06. The lowest BCUT2D eigenvalue weighted by Gasteiger charge is -2.22. The summed E-state index contributed by atoms with van der Waals surface area (Å²) in [6, 6.07) is 12.7. The van der Waals surface area contributed by atoms with E-state index in [-0.39, 0.29) is 36.6 Å². The minimum atomic E-state index is -0.798. The highest BCUT2D eigenvalue weighted by Gasteiger charge is 2.38. The van der Waals surface area contributed by atoms with E-state index in [1.54, 1.807) is 69.3 Å². The molecule has 1 aliphatic heterocycles. The van der Waals surface area contributed by atoms with E-state index in [1.165, 1.54) is 6.92 Å². The van der Waals surface area contributed by atoms with Gasteiger partial charge in [0, 0.05) is 18.9 Å². The predicted octanol–water partition coefficient (Wildman–Crippen LogP) is 3.47. The van der Waals surface area contributed by atoms with Crippen LogP contribution in [0.1, 0.15) is 60.4 Å². The summed E-state index contributed by atoms with van der Waals surface area (Å²) in [4.78, 5) is 54.0. The Bertz CT molecular complexity index is 1150. The highest BCUT2D eigenvalue weighted by atomic mass is 16.7. The topological polar surface area (TPSA) is 144 Å². The van der Waals surface area contributed by atoms with Crippen LogP contribution in [0.3, 0.4) is 0 Å². The second-order valence-corrected chi connectivity index (χ2v) is 9.14. The van der Waals surface area contributed by atoms with Gasteiger partial charge in [0.1, 0.15) is 29.9 Å². The van der Waals surface area contributed by atoms with Crippen LogP contribution in [0.15, 0.2) is 48.5 Å². The Morgan fingerprint density at radius 1 is 1.00 bits per heavy atom. The maximum Gasteiger partial charge on any atom is 0.413 e. The van der Waals surface area contributed by atoms with Gasteiger partial charge in [-0.25, -0.2) is 4.79 Å². The van der Waals surface area contributed by atoms with Crippen LogP contribution in [0.25, 0.3) is 0 Å². The third kappa shape index (κ3) is 7.61. The maximum atomic E-state index is 12.6. The number of amides is 3.